The van der Waals surface area contributed by atoms with Gasteiger partial charge < -0.3 is 5.32 Å². The molecule has 0 unspecified atom stereocenters. The van der Waals surface area contributed by atoms with E-state index >= 15 is 0 Å². The second-order valence-electron chi connectivity index (χ2n) is 4.77. The summed E-state index contributed by atoms with van der Waals surface area (Å²) in [4.78, 5) is 15.3. The van der Waals surface area contributed by atoms with Crippen molar-refractivity contribution >= 4 is 11.7 Å². The molecule has 0 saturated heterocycles. The van der Waals surface area contributed by atoms with Crippen LogP contribution in [0.1, 0.15) is 30.2 Å². The Morgan fingerprint density at radius 1 is 1.32 bits per heavy atom. The molecule has 0 radical (unpaired) electrons. The van der Waals surface area contributed by atoms with Crippen molar-refractivity contribution in [3.63, 3.8) is 0 Å². The third-order valence-corrected chi connectivity index (χ3v) is 3.07. The number of amides is 1. The summed E-state index contributed by atoms with van der Waals surface area (Å²) < 4.78 is 39.0. The topological polar surface area (TPSA) is 59.8 Å². The number of aromatic nitrogens is 3. The van der Waals surface area contributed by atoms with E-state index < -0.39 is 11.7 Å². The van der Waals surface area contributed by atoms with Crippen LogP contribution in [-0.2, 0) is 17.5 Å². The summed E-state index contributed by atoms with van der Waals surface area (Å²) in [5.41, 5.74) is 0.393. The minimum atomic E-state index is -4.41. The summed E-state index contributed by atoms with van der Waals surface area (Å²) in [6.45, 7) is 3.68. The number of hydrogen-bond acceptors (Lipinski definition) is 3. The van der Waals surface area contributed by atoms with E-state index in [9.17, 15) is 18.0 Å². The van der Waals surface area contributed by atoms with E-state index in [1.54, 1.807) is 20.0 Å². The highest BCUT2D eigenvalue weighted by atomic mass is 19.4. The lowest BCUT2D eigenvalue weighted by Gasteiger charge is -2.10. The fraction of sp³-hybridized carbons (Fsp3) is 0.357. The van der Waals surface area contributed by atoms with Gasteiger partial charge in [0.25, 0.3) is 0 Å². The van der Waals surface area contributed by atoms with E-state index in [0.717, 1.165) is 17.8 Å². The van der Waals surface area contributed by atoms with Gasteiger partial charge in [-0.3, -0.25) is 9.78 Å². The normalized spacial score (nSPS) is 11.5. The second kappa shape index (κ2) is 6.17. The van der Waals surface area contributed by atoms with Crippen molar-refractivity contribution in [3.8, 4) is 0 Å². The van der Waals surface area contributed by atoms with Gasteiger partial charge in [0.15, 0.2) is 0 Å². The van der Waals surface area contributed by atoms with Crippen LogP contribution >= 0.6 is 0 Å². The van der Waals surface area contributed by atoms with E-state index in [2.05, 4.69) is 15.4 Å². The van der Waals surface area contributed by atoms with Gasteiger partial charge in [0.1, 0.15) is 5.82 Å². The second-order valence-corrected chi connectivity index (χ2v) is 4.77. The first-order valence-corrected chi connectivity index (χ1v) is 6.65. The molecule has 8 heteroatoms. The summed E-state index contributed by atoms with van der Waals surface area (Å²) in [6.07, 6.45) is -1.72. The summed E-state index contributed by atoms with van der Waals surface area (Å²) in [5.74, 6) is 0.360. The number of aryl methyl sites for hydroxylation is 1. The van der Waals surface area contributed by atoms with Crippen LogP contribution in [0, 0.1) is 6.92 Å². The van der Waals surface area contributed by atoms with E-state index in [0.29, 0.717) is 17.9 Å². The molecule has 0 aromatic carbocycles. The molecule has 2 rings (SSSR count). The minimum absolute atomic E-state index is 0.162. The van der Waals surface area contributed by atoms with E-state index in [4.69, 9.17) is 0 Å². The molecule has 0 spiro atoms. The summed E-state index contributed by atoms with van der Waals surface area (Å²) in [5, 5.41) is 6.83. The molecule has 0 saturated carbocycles. The number of rotatable bonds is 4. The van der Waals surface area contributed by atoms with Crippen LogP contribution in [0.3, 0.4) is 0 Å². The number of alkyl halides is 3. The SMILES string of the molecule is CCC(=O)Nc1c(C)cnn1Cc1ccc(C(F)(F)F)cn1. The van der Waals surface area contributed by atoms with Crippen LogP contribution in [0.4, 0.5) is 19.0 Å². The van der Waals surface area contributed by atoms with Gasteiger partial charge in [0.05, 0.1) is 24.0 Å². The van der Waals surface area contributed by atoms with Gasteiger partial charge >= 0.3 is 6.18 Å². The van der Waals surface area contributed by atoms with E-state index in [1.807, 2.05) is 0 Å². The Bertz CT molecular complexity index is 662. The number of nitrogens with one attached hydrogen (secondary N) is 1. The first-order valence-electron chi connectivity index (χ1n) is 6.65. The van der Waals surface area contributed by atoms with Crippen LogP contribution in [0.2, 0.25) is 0 Å². The van der Waals surface area contributed by atoms with Gasteiger partial charge in [-0.2, -0.15) is 18.3 Å². The quantitative estimate of drug-likeness (QED) is 0.944. The molecule has 118 valence electrons. The first kappa shape index (κ1) is 16.0. The molecule has 0 fully saturated rings. The minimum Gasteiger partial charge on any atom is -0.311 e. The number of halogens is 3. The van der Waals surface area contributed by atoms with Crippen LogP contribution in [0.5, 0.6) is 0 Å². The Morgan fingerprint density at radius 3 is 2.59 bits per heavy atom. The summed E-state index contributed by atoms with van der Waals surface area (Å²) >= 11 is 0. The molecule has 0 aliphatic rings. The maximum atomic E-state index is 12.5. The molecular formula is C14H15F3N4O. The third kappa shape index (κ3) is 3.63. The lowest BCUT2D eigenvalue weighted by molar-refractivity contribution is -0.137. The molecule has 1 N–H and O–H groups in total. The van der Waals surface area contributed by atoms with Gasteiger partial charge in [0.2, 0.25) is 5.91 Å². The average molecular weight is 312 g/mol. The van der Waals surface area contributed by atoms with Crippen molar-refractivity contribution in [1.82, 2.24) is 14.8 Å². The molecule has 0 aliphatic heterocycles. The number of hydrogen-bond donors (Lipinski definition) is 1. The smallest absolute Gasteiger partial charge is 0.311 e. The molecule has 0 bridgehead atoms. The van der Waals surface area contributed by atoms with Crippen LogP contribution in [0.25, 0.3) is 0 Å². The Morgan fingerprint density at radius 2 is 2.05 bits per heavy atom. The van der Waals surface area contributed by atoms with Gasteiger partial charge in [-0.15, -0.1) is 0 Å². The predicted molar refractivity (Wildman–Crippen MR) is 74.2 cm³/mol. The zero-order valence-electron chi connectivity index (χ0n) is 12.1. The highest BCUT2D eigenvalue weighted by molar-refractivity contribution is 5.90. The zero-order chi connectivity index (χ0) is 16.3. The molecule has 2 aromatic heterocycles. The monoisotopic (exact) mass is 312 g/mol. The molecule has 2 aromatic rings. The molecule has 0 aliphatic carbocycles. The van der Waals surface area contributed by atoms with Crippen molar-refractivity contribution in [3.05, 3.63) is 41.3 Å². The molecule has 5 nitrogen and oxygen atoms in total. The fourth-order valence-corrected chi connectivity index (χ4v) is 1.82. The Kier molecular flexibility index (Phi) is 4.48. The Balaban J connectivity index is 2.19. The van der Waals surface area contributed by atoms with Crippen LogP contribution in [-0.4, -0.2) is 20.7 Å². The third-order valence-electron chi connectivity index (χ3n) is 3.07. The maximum absolute atomic E-state index is 12.5. The maximum Gasteiger partial charge on any atom is 0.417 e. The van der Waals surface area contributed by atoms with Crippen molar-refractivity contribution in [2.45, 2.75) is 33.0 Å². The molecule has 0 atom stereocenters. The van der Waals surface area contributed by atoms with E-state index in [-0.39, 0.29) is 12.5 Å². The van der Waals surface area contributed by atoms with Crippen LogP contribution in [0.15, 0.2) is 24.5 Å². The van der Waals surface area contributed by atoms with Gasteiger partial charge in [-0.1, -0.05) is 6.92 Å². The largest absolute Gasteiger partial charge is 0.417 e. The van der Waals surface area contributed by atoms with Gasteiger partial charge in [-0.25, -0.2) is 4.68 Å². The van der Waals surface area contributed by atoms with Crippen molar-refractivity contribution in [1.29, 1.82) is 0 Å². The van der Waals surface area contributed by atoms with Gasteiger partial charge in [0, 0.05) is 18.2 Å². The molecular weight excluding hydrogens is 297 g/mol. The zero-order valence-corrected chi connectivity index (χ0v) is 12.1. The number of anilines is 1. The van der Waals surface area contributed by atoms with Crippen LogP contribution < -0.4 is 5.32 Å². The van der Waals surface area contributed by atoms with Crippen molar-refractivity contribution in [2.24, 2.45) is 0 Å². The molecule has 2 heterocycles. The first-order chi connectivity index (χ1) is 10.3. The number of carbonyl (C=O) groups is 1. The highest BCUT2D eigenvalue weighted by Gasteiger charge is 2.30. The average Bonchev–Trinajstić information content (AvgIpc) is 2.79. The number of pyridine rings is 1. The van der Waals surface area contributed by atoms with E-state index in [1.165, 1.54) is 10.7 Å². The lowest BCUT2D eigenvalue weighted by Crippen LogP contribution is -2.16. The standard InChI is InChI=1S/C14H15F3N4O/c1-3-12(22)20-13-9(2)6-19-21(13)8-11-5-4-10(7-18-11)14(15,16)17/h4-7H,3,8H2,1-2H3,(H,20,22). The summed E-state index contributed by atoms with van der Waals surface area (Å²) in [6, 6.07) is 2.27. The Hall–Kier alpha value is -2.38. The molecule has 22 heavy (non-hydrogen) atoms. The number of nitrogens with zero attached hydrogens (tertiary/aromatic N) is 3. The molecule has 1 amide bonds. The highest BCUT2D eigenvalue weighted by Crippen LogP contribution is 2.28. The Labute approximate surface area is 125 Å². The summed E-state index contributed by atoms with van der Waals surface area (Å²) in [7, 11) is 0. The van der Waals surface area contributed by atoms with Crippen molar-refractivity contribution < 1.29 is 18.0 Å². The van der Waals surface area contributed by atoms with Crippen molar-refractivity contribution in [2.75, 3.05) is 5.32 Å². The lowest BCUT2D eigenvalue weighted by atomic mass is 10.2. The van der Waals surface area contributed by atoms with Gasteiger partial charge in [-0.05, 0) is 19.1 Å². The fourth-order valence-electron chi connectivity index (χ4n) is 1.82. The predicted octanol–water partition coefficient (Wildman–Crippen LogP) is 3.00. The number of carbonyl (C=O) groups excluding carboxylic acids is 1.